The normalized spacial score (nSPS) is 12.0. The Hall–Kier alpha value is -0.300. The van der Waals surface area contributed by atoms with Gasteiger partial charge in [0.2, 0.25) is 0 Å². The number of rotatable bonds is 10. The Kier molecular flexibility index (Phi) is 9.71. The van der Waals surface area contributed by atoms with Crippen LogP contribution in [0.25, 0.3) is 0 Å². The van der Waals surface area contributed by atoms with Crippen LogP contribution in [0.5, 0.6) is 0 Å². The van der Waals surface area contributed by atoms with Crippen LogP contribution in [-0.2, 0) is 9.47 Å². The summed E-state index contributed by atoms with van der Waals surface area (Å²) in [6, 6.07) is 0. The van der Waals surface area contributed by atoms with Gasteiger partial charge in [-0.05, 0) is 13.8 Å². The van der Waals surface area contributed by atoms with Crippen LogP contribution >= 0.6 is 0 Å². The number of aliphatic hydroxyl groups excluding tert-OH is 1. The summed E-state index contributed by atoms with van der Waals surface area (Å²) >= 11 is 0. The first-order valence-corrected chi connectivity index (χ1v) is 5.48. The summed E-state index contributed by atoms with van der Waals surface area (Å²) in [4.78, 5) is 1.43. The molecule has 0 saturated heterocycles. The molecule has 0 fully saturated rings. The highest BCUT2D eigenvalue weighted by Gasteiger charge is 2.17. The summed E-state index contributed by atoms with van der Waals surface area (Å²) in [6.07, 6.45) is -2.93. The first-order valence-electron chi connectivity index (χ1n) is 5.48. The van der Waals surface area contributed by atoms with Gasteiger partial charge in [-0.3, -0.25) is 4.90 Å². The topological polar surface area (TPSA) is 41.9 Å². The van der Waals surface area contributed by atoms with E-state index in [2.05, 4.69) is 0 Å². The fourth-order valence-electron chi connectivity index (χ4n) is 1.33. The molecule has 98 valence electrons. The average Bonchev–Trinajstić information content (AvgIpc) is 2.17. The molecule has 0 heterocycles. The van der Waals surface area contributed by atoms with Crippen LogP contribution in [0.1, 0.15) is 13.8 Å². The van der Waals surface area contributed by atoms with Crippen molar-refractivity contribution in [1.29, 1.82) is 0 Å². The minimum atomic E-state index is -2.42. The minimum Gasteiger partial charge on any atom is -0.395 e. The molecule has 0 atom stereocenters. The Morgan fingerprint density at radius 1 is 1.12 bits per heavy atom. The molecule has 0 aromatic heterocycles. The molecular formula is C10H21F2NO3. The van der Waals surface area contributed by atoms with Gasteiger partial charge in [-0.25, -0.2) is 8.78 Å². The quantitative estimate of drug-likeness (QED) is 0.578. The van der Waals surface area contributed by atoms with Crippen molar-refractivity contribution in [2.24, 2.45) is 0 Å². The number of aliphatic hydroxyl groups is 1. The van der Waals surface area contributed by atoms with Crippen molar-refractivity contribution in [2.75, 3.05) is 39.5 Å². The van der Waals surface area contributed by atoms with Gasteiger partial charge in [0.05, 0.1) is 13.2 Å². The number of hydrogen-bond donors (Lipinski definition) is 1. The summed E-state index contributed by atoms with van der Waals surface area (Å²) < 4.78 is 35.0. The number of halogens is 2. The predicted molar refractivity (Wildman–Crippen MR) is 56.6 cm³/mol. The van der Waals surface area contributed by atoms with Crippen LogP contribution in [0.2, 0.25) is 0 Å². The lowest BCUT2D eigenvalue weighted by Gasteiger charge is -2.26. The smallest absolute Gasteiger partial charge is 0.251 e. The molecule has 0 unspecified atom stereocenters. The van der Waals surface area contributed by atoms with E-state index in [0.29, 0.717) is 13.2 Å². The highest BCUT2D eigenvalue weighted by atomic mass is 19.3. The molecule has 0 saturated carbocycles. The van der Waals surface area contributed by atoms with E-state index in [9.17, 15) is 8.78 Å². The Morgan fingerprint density at radius 3 is 2.06 bits per heavy atom. The van der Waals surface area contributed by atoms with Gasteiger partial charge >= 0.3 is 0 Å². The van der Waals surface area contributed by atoms with E-state index < -0.39 is 12.7 Å². The standard InChI is InChI=1S/C10H21F2NO3/c1-3-15-10(16-4-2)8-13(5-6-14)7-9(11)12/h9-10,14H,3-8H2,1-2H3. The largest absolute Gasteiger partial charge is 0.395 e. The van der Waals surface area contributed by atoms with Gasteiger partial charge in [0, 0.05) is 26.3 Å². The number of ether oxygens (including phenoxy) is 2. The summed E-state index contributed by atoms with van der Waals surface area (Å²) in [7, 11) is 0. The SMILES string of the molecule is CCOC(CN(CCO)CC(F)F)OCC. The van der Waals surface area contributed by atoms with E-state index in [1.54, 1.807) is 0 Å². The van der Waals surface area contributed by atoms with Gasteiger partial charge < -0.3 is 14.6 Å². The van der Waals surface area contributed by atoms with Crippen LogP contribution in [-0.4, -0.2) is 62.2 Å². The molecular weight excluding hydrogens is 220 g/mol. The third kappa shape index (κ3) is 7.92. The molecule has 0 rings (SSSR count). The van der Waals surface area contributed by atoms with Crippen LogP contribution in [0.3, 0.4) is 0 Å². The zero-order valence-corrected chi connectivity index (χ0v) is 9.86. The predicted octanol–water partition coefficient (Wildman–Crippen LogP) is 0.945. The maximum absolute atomic E-state index is 12.2. The Bertz CT molecular complexity index is 155. The second-order valence-electron chi connectivity index (χ2n) is 3.21. The van der Waals surface area contributed by atoms with Crippen molar-refractivity contribution in [3.8, 4) is 0 Å². The maximum atomic E-state index is 12.2. The van der Waals surface area contributed by atoms with E-state index in [4.69, 9.17) is 14.6 Å². The molecule has 0 aliphatic heterocycles. The Balaban J connectivity index is 4.08. The summed E-state index contributed by atoms with van der Waals surface area (Å²) in [5.74, 6) is 0. The van der Waals surface area contributed by atoms with Crippen LogP contribution in [0, 0.1) is 0 Å². The van der Waals surface area contributed by atoms with Crippen LogP contribution in [0.4, 0.5) is 8.78 Å². The molecule has 16 heavy (non-hydrogen) atoms. The number of alkyl halides is 2. The highest BCUT2D eigenvalue weighted by molar-refractivity contribution is 4.61. The van der Waals surface area contributed by atoms with E-state index in [1.165, 1.54) is 4.90 Å². The van der Waals surface area contributed by atoms with Crippen molar-refractivity contribution < 1.29 is 23.4 Å². The Labute approximate surface area is 95.1 Å². The second-order valence-corrected chi connectivity index (χ2v) is 3.21. The van der Waals surface area contributed by atoms with Gasteiger partial charge in [-0.15, -0.1) is 0 Å². The van der Waals surface area contributed by atoms with E-state index in [0.717, 1.165) is 0 Å². The fraction of sp³-hybridized carbons (Fsp3) is 1.00. The second kappa shape index (κ2) is 9.89. The van der Waals surface area contributed by atoms with Gasteiger partial charge in [0.15, 0.2) is 6.29 Å². The van der Waals surface area contributed by atoms with Crippen molar-refractivity contribution in [3.63, 3.8) is 0 Å². The lowest BCUT2D eigenvalue weighted by molar-refractivity contribution is -0.150. The molecule has 0 radical (unpaired) electrons. The lowest BCUT2D eigenvalue weighted by atomic mass is 10.4. The van der Waals surface area contributed by atoms with Crippen molar-refractivity contribution in [3.05, 3.63) is 0 Å². The van der Waals surface area contributed by atoms with Gasteiger partial charge in [-0.2, -0.15) is 0 Å². The molecule has 0 spiro atoms. The lowest BCUT2D eigenvalue weighted by Crippen LogP contribution is -2.40. The van der Waals surface area contributed by atoms with E-state index in [1.807, 2.05) is 13.8 Å². The Morgan fingerprint density at radius 2 is 1.69 bits per heavy atom. The van der Waals surface area contributed by atoms with Gasteiger partial charge in [0.1, 0.15) is 0 Å². The van der Waals surface area contributed by atoms with Gasteiger partial charge in [0.25, 0.3) is 6.43 Å². The average molecular weight is 241 g/mol. The molecule has 4 nitrogen and oxygen atoms in total. The zero-order chi connectivity index (χ0) is 12.4. The minimum absolute atomic E-state index is 0.155. The third-order valence-corrected chi connectivity index (χ3v) is 1.92. The van der Waals surface area contributed by atoms with Crippen LogP contribution < -0.4 is 0 Å². The van der Waals surface area contributed by atoms with Crippen LogP contribution in [0.15, 0.2) is 0 Å². The van der Waals surface area contributed by atoms with E-state index in [-0.39, 0.29) is 26.2 Å². The van der Waals surface area contributed by atoms with Gasteiger partial charge in [-0.1, -0.05) is 0 Å². The van der Waals surface area contributed by atoms with Crippen molar-refractivity contribution in [2.45, 2.75) is 26.6 Å². The molecule has 0 amide bonds. The number of nitrogens with zero attached hydrogens (tertiary/aromatic N) is 1. The molecule has 0 aromatic rings. The zero-order valence-electron chi connectivity index (χ0n) is 9.86. The monoisotopic (exact) mass is 241 g/mol. The molecule has 0 aliphatic carbocycles. The van der Waals surface area contributed by atoms with E-state index >= 15 is 0 Å². The molecule has 1 N–H and O–H groups in total. The molecule has 0 aliphatic rings. The van der Waals surface area contributed by atoms with Crippen molar-refractivity contribution in [1.82, 2.24) is 4.90 Å². The number of hydrogen-bond acceptors (Lipinski definition) is 4. The first-order chi connectivity index (χ1) is 7.63. The summed E-state index contributed by atoms with van der Waals surface area (Å²) in [6.45, 7) is 4.46. The first kappa shape index (κ1) is 15.7. The van der Waals surface area contributed by atoms with Crippen molar-refractivity contribution >= 4 is 0 Å². The summed E-state index contributed by atoms with van der Waals surface area (Å²) in [5, 5.41) is 8.75. The molecule has 0 aromatic carbocycles. The maximum Gasteiger partial charge on any atom is 0.251 e. The fourth-order valence-corrected chi connectivity index (χ4v) is 1.33. The highest BCUT2D eigenvalue weighted by Crippen LogP contribution is 2.03. The molecule has 0 bridgehead atoms. The third-order valence-electron chi connectivity index (χ3n) is 1.92. The summed E-state index contributed by atoms with van der Waals surface area (Å²) in [5.41, 5.74) is 0. The molecule has 6 heteroatoms.